The zero-order valence-electron chi connectivity index (χ0n) is 21.7. The fourth-order valence-corrected chi connectivity index (χ4v) is 6.24. The Morgan fingerprint density at radius 2 is 1.82 bits per heavy atom. The maximum Gasteiger partial charge on any atom is 0.244 e. The molecule has 9 nitrogen and oxygen atoms in total. The summed E-state index contributed by atoms with van der Waals surface area (Å²) in [6.45, 7) is 2.96. The molecule has 1 aliphatic carbocycles. The Hall–Kier alpha value is -2.79. The van der Waals surface area contributed by atoms with E-state index in [0.717, 1.165) is 46.4 Å². The lowest BCUT2D eigenvalue weighted by atomic mass is 9.95. The van der Waals surface area contributed by atoms with E-state index in [-0.39, 0.29) is 31.0 Å². The van der Waals surface area contributed by atoms with Gasteiger partial charge in [-0.05, 0) is 56.5 Å². The van der Waals surface area contributed by atoms with Crippen LogP contribution in [-0.4, -0.2) is 56.3 Å². The molecule has 1 fully saturated rings. The highest BCUT2D eigenvalue weighted by Crippen LogP contribution is 2.36. The second-order valence-corrected chi connectivity index (χ2v) is 12.7. The molecule has 0 unspecified atom stereocenters. The van der Waals surface area contributed by atoms with Crippen LogP contribution in [0.15, 0.2) is 46.9 Å². The Bertz CT molecular complexity index is 1270. The number of rotatable bonds is 10. The van der Waals surface area contributed by atoms with E-state index < -0.39 is 28.5 Å². The predicted molar refractivity (Wildman–Crippen MR) is 149 cm³/mol. The molecule has 1 heterocycles. The first-order valence-electron chi connectivity index (χ1n) is 12.9. The molecule has 0 aromatic heterocycles. The molecule has 38 heavy (non-hydrogen) atoms. The van der Waals surface area contributed by atoms with Crippen LogP contribution in [-0.2, 0) is 26.2 Å². The number of hydrogen-bond donors (Lipinski definition) is 1. The smallest absolute Gasteiger partial charge is 0.244 e. The van der Waals surface area contributed by atoms with E-state index in [1.165, 1.54) is 11.8 Å². The van der Waals surface area contributed by atoms with E-state index in [1.54, 1.807) is 25.1 Å². The van der Waals surface area contributed by atoms with Crippen LogP contribution in [0.25, 0.3) is 0 Å². The molecule has 4 rings (SSSR count). The third kappa shape index (κ3) is 6.79. The Morgan fingerprint density at radius 3 is 2.53 bits per heavy atom. The number of carbonyl (C=O) groups is 2. The summed E-state index contributed by atoms with van der Waals surface area (Å²) in [7, 11) is -3.83. The predicted octanol–water partition coefficient (Wildman–Crippen LogP) is 4.20. The van der Waals surface area contributed by atoms with Crippen molar-refractivity contribution < 1.29 is 27.5 Å². The van der Waals surface area contributed by atoms with Gasteiger partial charge >= 0.3 is 0 Å². The van der Waals surface area contributed by atoms with Crippen molar-refractivity contribution in [2.24, 2.45) is 0 Å². The van der Waals surface area contributed by atoms with Crippen molar-refractivity contribution in [1.82, 2.24) is 10.2 Å². The van der Waals surface area contributed by atoms with Crippen molar-refractivity contribution in [3.8, 4) is 11.5 Å². The van der Waals surface area contributed by atoms with E-state index in [4.69, 9.17) is 9.47 Å². The van der Waals surface area contributed by atoms with E-state index >= 15 is 0 Å². The normalized spacial score (nSPS) is 16.1. The summed E-state index contributed by atoms with van der Waals surface area (Å²) in [5.74, 6) is 0.00723. The van der Waals surface area contributed by atoms with Gasteiger partial charge < -0.3 is 19.7 Å². The molecule has 1 saturated carbocycles. The Kier molecular flexibility index (Phi) is 9.19. The number of amides is 2. The van der Waals surface area contributed by atoms with Gasteiger partial charge in [-0.25, -0.2) is 8.42 Å². The summed E-state index contributed by atoms with van der Waals surface area (Å²) in [6.07, 6.45) is 5.14. The van der Waals surface area contributed by atoms with Gasteiger partial charge in [0, 0.05) is 23.1 Å². The number of carbonyl (C=O) groups excluding carboxylic acids is 2. The number of benzene rings is 2. The molecule has 0 bridgehead atoms. The zero-order valence-corrected chi connectivity index (χ0v) is 24.1. The van der Waals surface area contributed by atoms with Crippen LogP contribution >= 0.6 is 15.9 Å². The minimum Gasteiger partial charge on any atom is -0.454 e. The van der Waals surface area contributed by atoms with Crippen molar-refractivity contribution in [2.75, 3.05) is 23.4 Å². The largest absolute Gasteiger partial charge is 0.454 e. The van der Waals surface area contributed by atoms with E-state index in [9.17, 15) is 18.0 Å². The Balaban J connectivity index is 1.61. The lowest BCUT2D eigenvalue weighted by Crippen LogP contribution is -2.53. The Morgan fingerprint density at radius 1 is 1.08 bits per heavy atom. The summed E-state index contributed by atoms with van der Waals surface area (Å²) in [5, 5.41) is 3.10. The molecular weight excluding hydrogens is 574 g/mol. The summed E-state index contributed by atoms with van der Waals surface area (Å²) in [4.78, 5) is 28.5. The highest BCUT2D eigenvalue weighted by Gasteiger charge is 2.32. The second-order valence-electron chi connectivity index (χ2n) is 9.62. The van der Waals surface area contributed by atoms with E-state index in [1.807, 2.05) is 24.3 Å². The molecule has 2 amide bonds. The lowest BCUT2D eigenvalue weighted by molar-refractivity contribution is -0.139. The van der Waals surface area contributed by atoms with Gasteiger partial charge in [0.15, 0.2) is 11.5 Å². The van der Waals surface area contributed by atoms with Crippen LogP contribution < -0.4 is 19.1 Å². The van der Waals surface area contributed by atoms with Crippen LogP contribution in [0.3, 0.4) is 0 Å². The third-order valence-corrected chi connectivity index (χ3v) is 9.22. The minimum atomic E-state index is -3.83. The van der Waals surface area contributed by atoms with E-state index in [2.05, 4.69) is 21.2 Å². The quantitative estimate of drug-likeness (QED) is 0.434. The lowest BCUT2D eigenvalue weighted by Gasteiger charge is -2.33. The Labute approximate surface area is 232 Å². The highest BCUT2D eigenvalue weighted by molar-refractivity contribution is 9.10. The van der Waals surface area contributed by atoms with E-state index in [0.29, 0.717) is 17.2 Å². The van der Waals surface area contributed by atoms with Gasteiger partial charge in [0.1, 0.15) is 12.6 Å². The van der Waals surface area contributed by atoms with Gasteiger partial charge in [-0.2, -0.15) is 0 Å². The number of halogens is 1. The van der Waals surface area contributed by atoms with Gasteiger partial charge in [-0.3, -0.25) is 13.9 Å². The summed E-state index contributed by atoms with van der Waals surface area (Å²) in [6, 6.07) is 11.5. The molecule has 2 aromatic carbocycles. The first-order valence-corrected chi connectivity index (χ1v) is 15.3. The van der Waals surface area contributed by atoms with Crippen LogP contribution in [0.4, 0.5) is 5.69 Å². The number of hydrogen-bond acceptors (Lipinski definition) is 6. The second kappa shape index (κ2) is 12.4. The van der Waals surface area contributed by atoms with Gasteiger partial charge in [0.25, 0.3) is 0 Å². The molecule has 206 valence electrons. The molecule has 1 N–H and O–H groups in total. The van der Waals surface area contributed by atoms with Crippen LogP contribution in [0, 0.1) is 0 Å². The van der Waals surface area contributed by atoms with Gasteiger partial charge in [0.05, 0.1) is 11.4 Å². The van der Waals surface area contributed by atoms with Gasteiger partial charge in [-0.15, -0.1) is 0 Å². The molecule has 2 aromatic rings. The number of sulfonamides is 1. The van der Waals surface area contributed by atoms with Gasteiger partial charge in [-0.1, -0.05) is 47.3 Å². The SMILES string of the molecule is CCS(=O)(=O)N(CC(=O)N(Cc1cccc(Br)c1)[C@H](C)C(=O)NC1CCCCC1)c1ccc2c(c1)OCO2. The average molecular weight is 609 g/mol. The number of ether oxygens (including phenoxy) is 2. The molecule has 0 spiro atoms. The topological polar surface area (TPSA) is 105 Å². The summed E-state index contributed by atoms with van der Waals surface area (Å²) >= 11 is 3.46. The fraction of sp³-hybridized carbons (Fsp3) is 0.481. The molecule has 1 aliphatic heterocycles. The summed E-state index contributed by atoms with van der Waals surface area (Å²) < 4.78 is 38.9. The van der Waals surface area contributed by atoms with Crippen molar-refractivity contribution in [1.29, 1.82) is 0 Å². The molecule has 0 saturated heterocycles. The molecular formula is C27H34BrN3O6S. The number of nitrogens with one attached hydrogen (secondary N) is 1. The van der Waals surface area contributed by atoms with Crippen molar-refractivity contribution in [3.05, 3.63) is 52.5 Å². The minimum absolute atomic E-state index is 0.0479. The standard InChI is InChI=1S/C27H34BrN3O6S/c1-3-38(34,35)31(23-12-13-24-25(15-23)37-18-36-24)17-26(32)30(16-20-8-7-9-21(28)14-20)19(2)27(33)29-22-10-5-4-6-11-22/h7-9,12-15,19,22H,3-6,10-11,16-18H2,1-2H3,(H,29,33)/t19-/m1/s1. The first-order chi connectivity index (χ1) is 18.2. The molecule has 11 heteroatoms. The monoisotopic (exact) mass is 607 g/mol. The van der Waals surface area contributed by atoms with Gasteiger partial charge in [0.2, 0.25) is 28.6 Å². The van der Waals surface area contributed by atoms with Crippen molar-refractivity contribution in [3.63, 3.8) is 0 Å². The third-order valence-electron chi connectivity index (χ3n) is 6.98. The highest BCUT2D eigenvalue weighted by atomic mass is 79.9. The molecule has 1 atom stereocenters. The van der Waals surface area contributed by atoms with Crippen LogP contribution in [0.2, 0.25) is 0 Å². The van der Waals surface area contributed by atoms with Crippen LogP contribution in [0.5, 0.6) is 11.5 Å². The van der Waals surface area contributed by atoms with Crippen LogP contribution in [0.1, 0.15) is 51.5 Å². The average Bonchev–Trinajstić information content (AvgIpc) is 3.38. The van der Waals surface area contributed by atoms with Crippen molar-refractivity contribution in [2.45, 2.75) is 64.6 Å². The number of anilines is 1. The first kappa shape index (κ1) is 28.2. The molecule has 0 radical (unpaired) electrons. The summed E-state index contributed by atoms with van der Waals surface area (Å²) in [5.41, 5.74) is 1.11. The maximum absolute atomic E-state index is 13.8. The zero-order chi connectivity index (χ0) is 27.3. The molecule has 2 aliphatic rings. The number of fused-ring (bicyclic) bond motifs is 1. The maximum atomic E-state index is 13.8. The number of nitrogens with zero attached hydrogens (tertiary/aromatic N) is 2. The fourth-order valence-electron chi connectivity index (χ4n) is 4.74. The van der Waals surface area contributed by atoms with Crippen molar-refractivity contribution >= 4 is 43.5 Å².